The van der Waals surface area contributed by atoms with Gasteiger partial charge in [0.25, 0.3) is 0 Å². The third-order valence-corrected chi connectivity index (χ3v) is 5.10. The van der Waals surface area contributed by atoms with E-state index in [0.29, 0.717) is 30.1 Å². The van der Waals surface area contributed by atoms with Crippen LogP contribution in [0.4, 0.5) is 5.69 Å². The molecule has 0 atom stereocenters. The summed E-state index contributed by atoms with van der Waals surface area (Å²) < 4.78 is 23.2. The molecule has 1 aromatic rings. The summed E-state index contributed by atoms with van der Waals surface area (Å²) in [6.07, 6.45) is 0.586. The Morgan fingerprint density at radius 3 is 2.74 bits per heavy atom. The molecular formula is C12H16ClN3O2S. The van der Waals surface area contributed by atoms with E-state index in [1.165, 1.54) is 0 Å². The summed E-state index contributed by atoms with van der Waals surface area (Å²) in [5.41, 5.74) is 6.88. The second kappa shape index (κ2) is 5.38. The molecule has 0 spiro atoms. The number of nitrogens with zero attached hydrogens (tertiary/aromatic N) is 1. The Balaban J connectivity index is 2.34. The van der Waals surface area contributed by atoms with Crippen LogP contribution < -0.4 is 10.6 Å². The van der Waals surface area contributed by atoms with Crippen molar-refractivity contribution in [2.24, 2.45) is 5.73 Å². The molecule has 1 heterocycles. The molecule has 1 fully saturated rings. The van der Waals surface area contributed by atoms with Crippen molar-refractivity contribution in [3.8, 4) is 0 Å². The average Bonchev–Trinajstić information content (AvgIpc) is 2.50. The highest BCUT2D eigenvalue weighted by atomic mass is 35.5. The van der Waals surface area contributed by atoms with E-state index in [4.69, 9.17) is 22.7 Å². The summed E-state index contributed by atoms with van der Waals surface area (Å²) in [7, 11) is -2.95. The van der Waals surface area contributed by atoms with Gasteiger partial charge in [0.2, 0.25) is 0 Å². The Morgan fingerprint density at radius 2 is 2.05 bits per heavy atom. The molecule has 0 bridgehead atoms. The van der Waals surface area contributed by atoms with Gasteiger partial charge in [-0.2, -0.15) is 0 Å². The largest absolute Gasteiger partial charge is 0.384 e. The molecular weight excluding hydrogens is 286 g/mol. The number of amidine groups is 1. The fourth-order valence-corrected chi connectivity index (χ4v) is 3.62. The summed E-state index contributed by atoms with van der Waals surface area (Å²) in [6, 6.07) is 5.15. The molecule has 104 valence electrons. The van der Waals surface area contributed by atoms with Gasteiger partial charge in [0.05, 0.1) is 11.5 Å². The minimum Gasteiger partial charge on any atom is -0.384 e. The number of nitrogens with two attached hydrogens (primary N) is 1. The molecule has 0 aliphatic carbocycles. The lowest BCUT2D eigenvalue weighted by Crippen LogP contribution is -2.29. The van der Waals surface area contributed by atoms with Gasteiger partial charge in [-0.15, -0.1) is 0 Å². The van der Waals surface area contributed by atoms with Crippen molar-refractivity contribution in [2.75, 3.05) is 29.5 Å². The molecule has 2 rings (SSSR count). The first-order valence-corrected chi connectivity index (χ1v) is 8.18. The Hall–Kier alpha value is -1.27. The van der Waals surface area contributed by atoms with Crippen molar-refractivity contribution >= 4 is 33.0 Å². The van der Waals surface area contributed by atoms with Gasteiger partial charge in [-0.1, -0.05) is 11.6 Å². The first-order chi connectivity index (χ1) is 8.89. The van der Waals surface area contributed by atoms with Crippen LogP contribution in [0.15, 0.2) is 18.2 Å². The zero-order valence-electron chi connectivity index (χ0n) is 10.4. The summed E-state index contributed by atoms with van der Waals surface area (Å²) >= 11 is 5.91. The number of sulfone groups is 1. The van der Waals surface area contributed by atoms with Crippen LogP contribution in [0.1, 0.15) is 12.0 Å². The lowest BCUT2D eigenvalue weighted by molar-refractivity contribution is 0.597. The molecule has 0 saturated carbocycles. The van der Waals surface area contributed by atoms with Crippen molar-refractivity contribution in [2.45, 2.75) is 6.42 Å². The van der Waals surface area contributed by atoms with Gasteiger partial charge in [0, 0.05) is 29.4 Å². The van der Waals surface area contributed by atoms with Crippen molar-refractivity contribution in [1.82, 2.24) is 0 Å². The van der Waals surface area contributed by atoms with E-state index >= 15 is 0 Å². The number of hydrogen-bond acceptors (Lipinski definition) is 4. The minimum atomic E-state index is -2.95. The topological polar surface area (TPSA) is 87.2 Å². The monoisotopic (exact) mass is 301 g/mol. The van der Waals surface area contributed by atoms with Gasteiger partial charge in [-0.05, 0) is 24.6 Å². The van der Waals surface area contributed by atoms with Gasteiger partial charge in [-0.25, -0.2) is 8.42 Å². The number of nitrogen functional groups attached to an aromatic ring is 1. The van der Waals surface area contributed by atoms with Gasteiger partial charge < -0.3 is 10.6 Å². The fraction of sp³-hybridized carbons (Fsp3) is 0.417. The molecule has 1 aromatic carbocycles. The van der Waals surface area contributed by atoms with Crippen molar-refractivity contribution < 1.29 is 8.42 Å². The molecule has 0 aromatic heterocycles. The van der Waals surface area contributed by atoms with Crippen LogP contribution in [0.3, 0.4) is 0 Å². The van der Waals surface area contributed by atoms with Crippen molar-refractivity contribution in [1.29, 1.82) is 5.41 Å². The van der Waals surface area contributed by atoms with Crippen LogP contribution in [0.25, 0.3) is 0 Å². The van der Waals surface area contributed by atoms with E-state index in [9.17, 15) is 8.42 Å². The van der Waals surface area contributed by atoms with Crippen LogP contribution in [-0.4, -0.2) is 38.8 Å². The maximum absolute atomic E-state index is 11.6. The normalized spacial score (nSPS) is 18.9. The summed E-state index contributed by atoms with van der Waals surface area (Å²) in [6.45, 7) is 1.06. The molecule has 0 unspecified atom stereocenters. The quantitative estimate of drug-likeness (QED) is 0.636. The van der Waals surface area contributed by atoms with Crippen molar-refractivity contribution in [3.63, 3.8) is 0 Å². The smallest absolute Gasteiger partial charge is 0.152 e. The molecule has 0 radical (unpaired) electrons. The van der Waals surface area contributed by atoms with Gasteiger partial charge >= 0.3 is 0 Å². The van der Waals surface area contributed by atoms with E-state index in [1.54, 1.807) is 18.2 Å². The Kier molecular flexibility index (Phi) is 4.01. The van der Waals surface area contributed by atoms with Crippen molar-refractivity contribution in [3.05, 3.63) is 28.8 Å². The summed E-state index contributed by atoms with van der Waals surface area (Å²) in [4.78, 5) is 1.96. The molecule has 3 N–H and O–H groups in total. The van der Waals surface area contributed by atoms with Crippen LogP contribution in [0.2, 0.25) is 5.02 Å². The lowest BCUT2D eigenvalue weighted by Gasteiger charge is -2.24. The molecule has 1 aliphatic rings. The first-order valence-electron chi connectivity index (χ1n) is 5.98. The molecule has 1 aliphatic heterocycles. The number of halogens is 1. The van der Waals surface area contributed by atoms with Gasteiger partial charge in [-0.3, -0.25) is 5.41 Å². The highest BCUT2D eigenvalue weighted by Gasteiger charge is 2.21. The van der Waals surface area contributed by atoms with E-state index in [-0.39, 0.29) is 17.3 Å². The molecule has 5 nitrogen and oxygen atoms in total. The first kappa shape index (κ1) is 14.1. The highest BCUT2D eigenvalue weighted by Crippen LogP contribution is 2.25. The number of hydrogen-bond donors (Lipinski definition) is 2. The van der Waals surface area contributed by atoms with Crippen LogP contribution in [0, 0.1) is 5.41 Å². The standard InChI is InChI=1S/C12H16ClN3O2S/c13-9-2-3-11(10(8-9)12(14)15)16-4-1-6-19(17,18)7-5-16/h2-3,8H,1,4-7H2,(H3,14,15). The third-order valence-electron chi connectivity index (χ3n) is 3.15. The molecule has 1 saturated heterocycles. The second-order valence-electron chi connectivity index (χ2n) is 4.57. The third kappa shape index (κ3) is 3.39. The predicted molar refractivity (Wildman–Crippen MR) is 78.0 cm³/mol. The Labute approximate surface area is 117 Å². The maximum atomic E-state index is 11.6. The Morgan fingerprint density at radius 1 is 1.32 bits per heavy atom. The zero-order valence-corrected chi connectivity index (χ0v) is 12.0. The average molecular weight is 302 g/mol. The van der Waals surface area contributed by atoms with Crippen LogP contribution >= 0.6 is 11.6 Å². The summed E-state index contributed by atoms with van der Waals surface area (Å²) in [5.74, 6) is 0.282. The summed E-state index contributed by atoms with van der Waals surface area (Å²) in [5, 5.41) is 8.11. The maximum Gasteiger partial charge on any atom is 0.152 e. The van der Waals surface area contributed by atoms with E-state index < -0.39 is 9.84 Å². The van der Waals surface area contributed by atoms with E-state index in [2.05, 4.69) is 0 Å². The number of nitrogens with one attached hydrogen (secondary N) is 1. The molecule has 7 heteroatoms. The van der Waals surface area contributed by atoms with Gasteiger partial charge in [0.15, 0.2) is 9.84 Å². The minimum absolute atomic E-state index is 0.0652. The van der Waals surface area contributed by atoms with Gasteiger partial charge in [0.1, 0.15) is 5.84 Å². The molecule has 0 amide bonds. The predicted octanol–water partition coefficient (Wildman–Crippen LogP) is 1.25. The number of rotatable bonds is 2. The lowest BCUT2D eigenvalue weighted by atomic mass is 10.1. The van der Waals surface area contributed by atoms with E-state index in [0.717, 1.165) is 5.69 Å². The SMILES string of the molecule is N=C(N)c1cc(Cl)ccc1N1CCCS(=O)(=O)CC1. The number of benzene rings is 1. The fourth-order valence-electron chi connectivity index (χ4n) is 2.18. The number of anilines is 1. The van der Waals surface area contributed by atoms with E-state index in [1.807, 2.05) is 4.90 Å². The highest BCUT2D eigenvalue weighted by molar-refractivity contribution is 7.91. The molecule has 19 heavy (non-hydrogen) atoms. The Bertz CT molecular complexity index is 601. The second-order valence-corrected chi connectivity index (χ2v) is 7.31. The van der Waals surface area contributed by atoms with Crippen LogP contribution in [0.5, 0.6) is 0 Å². The van der Waals surface area contributed by atoms with Crippen LogP contribution in [-0.2, 0) is 9.84 Å². The zero-order chi connectivity index (χ0) is 14.0.